The second-order valence-electron chi connectivity index (χ2n) is 3.93. The quantitative estimate of drug-likeness (QED) is 0.820. The molecular formula is C10H16ClN3S. The van der Waals surface area contributed by atoms with E-state index in [2.05, 4.69) is 33.5 Å². The molecule has 0 saturated heterocycles. The van der Waals surface area contributed by atoms with Crippen LogP contribution in [0.2, 0.25) is 5.28 Å². The number of hydrogen-bond donors (Lipinski definition) is 0. The zero-order valence-corrected chi connectivity index (χ0v) is 10.7. The summed E-state index contributed by atoms with van der Waals surface area (Å²) in [7, 11) is 0. The summed E-state index contributed by atoms with van der Waals surface area (Å²) < 4.78 is 2.08. The van der Waals surface area contributed by atoms with Gasteiger partial charge in [0, 0.05) is 11.3 Å². The summed E-state index contributed by atoms with van der Waals surface area (Å²) >= 11 is 8.09. The Hall–Kier alpha value is -0.220. The highest BCUT2D eigenvalue weighted by atomic mass is 35.5. The molecule has 0 amide bonds. The molecule has 15 heavy (non-hydrogen) atoms. The molecule has 1 fully saturated rings. The van der Waals surface area contributed by atoms with E-state index in [9.17, 15) is 0 Å². The van der Waals surface area contributed by atoms with Crippen LogP contribution >= 0.6 is 23.4 Å². The number of nitrogens with zero attached hydrogens (tertiary/aromatic N) is 3. The number of aryl methyl sites for hydroxylation is 1. The molecule has 2 rings (SSSR count). The van der Waals surface area contributed by atoms with Crippen molar-refractivity contribution in [1.29, 1.82) is 0 Å². The lowest BCUT2D eigenvalue weighted by molar-refractivity contribution is 0.507. The molecule has 2 unspecified atom stereocenters. The molecule has 0 aliphatic heterocycles. The molecule has 84 valence electrons. The first kappa shape index (κ1) is 11.3. The minimum atomic E-state index is 0.511. The van der Waals surface area contributed by atoms with Gasteiger partial charge in [0.1, 0.15) is 5.82 Å². The Morgan fingerprint density at radius 3 is 2.87 bits per heavy atom. The Kier molecular flexibility index (Phi) is 3.57. The van der Waals surface area contributed by atoms with E-state index >= 15 is 0 Å². The fourth-order valence-corrected chi connectivity index (χ4v) is 3.73. The van der Waals surface area contributed by atoms with Gasteiger partial charge in [-0.3, -0.25) is 4.57 Å². The zero-order chi connectivity index (χ0) is 10.8. The van der Waals surface area contributed by atoms with Gasteiger partial charge in [0.25, 0.3) is 0 Å². The summed E-state index contributed by atoms with van der Waals surface area (Å²) in [4.78, 5) is 0. The smallest absolute Gasteiger partial charge is 0.225 e. The fourth-order valence-electron chi connectivity index (χ4n) is 2.30. The molecule has 2 atom stereocenters. The minimum Gasteiger partial charge on any atom is -0.299 e. The van der Waals surface area contributed by atoms with Crippen LogP contribution in [0.15, 0.2) is 0 Å². The van der Waals surface area contributed by atoms with Crippen molar-refractivity contribution in [3.63, 3.8) is 0 Å². The molecule has 1 aliphatic rings. The molecule has 1 aliphatic carbocycles. The maximum atomic E-state index is 6.03. The van der Waals surface area contributed by atoms with Crippen molar-refractivity contribution in [2.24, 2.45) is 0 Å². The molecule has 1 aromatic rings. The summed E-state index contributed by atoms with van der Waals surface area (Å²) in [6, 6.07) is 0.511. The van der Waals surface area contributed by atoms with Crippen LogP contribution in [-0.4, -0.2) is 25.8 Å². The number of rotatable bonds is 3. The monoisotopic (exact) mass is 245 g/mol. The maximum Gasteiger partial charge on any atom is 0.225 e. The highest BCUT2D eigenvalue weighted by Crippen LogP contribution is 2.38. The molecule has 1 aromatic heterocycles. The van der Waals surface area contributed by atoms with Gasteiger partial charge in [-0.25, -0.2) is 0 Å². The van der Waals surface area contributed by atoms with Gasteiger partial charge in [0.05, 0.1) is 0 Å². The van der Waals surface area contributed by atoms with Gasteiger partial charge in [-0.2, -0.15) is 11.8 Å². The third kappa shape index (κ3) is 2.31. The van der Waals surface area contributed by atoms with Crippen molar-refractivity contribution in [2.75, 3.05) is 5.75 Å². The van der Waals surface area contributed by atoms with Crippen molar-refractivity contribution < 1.29 is 0 Å². The van der Waals surface area contributed by atoms with Crippen LogP contribution in [0.3, 0.4) is 0 Å². The van der Waals surface area contributed by atoms with Crippen LogP contribution in [0.4, 0.5) is 0 Å². The van der Waals surface area contributed by atoms with Crippen LogP contribution in [0.25, 0.3) is 0 Å². The van der Waals surface area contributed by atoms with Crippen LogP contribution in [-0.2, 0) is 0 Å². The van der Waals surface area contributed by atoms with Gasteiger partial charge in [0.15, 0.2) is 0 Å². The Bertz CT molecular complexity index is 320. The van der Waals surface area contributed by atoms with Gasteiger partial charge in [-0.15, -0.1) is 10.2 Å². The van der Waals surface area contributed by atoms with E-state index in [1.165, 1.54) is 25.0 Å². The van der Waals surface area contributed by atoms with Crippen LogP contribution in [0, 0.1) is 6.92 Å². The van der Waals surface area contributed by atoms with E-state index in [4.69, 9.17) is 11.6 Å². The highest BCUT2D eigenvalue weighted by Gasteiger charge is 2.28. The lowest BCUT2D eigenvalue weighted by Gasteiger charge is -2.14. The standard InChI is InChI=1S/C10H16ClN3S/c1-3-15-9-5-4-8(6-9)14-7(2)12-13-10(14)11/h8-9H,3-6H2,1-2H3. The normalized spacial score (nSPS) is 26.1. The Morgan fingerprint density at radius 1 is 1.47 bits per heavy atom. The summed E-state index contributed by atoms with van der Waals surface area (Å²) in [5.74, 6) is 2.14. The van der Waals surface area contributed by atoms with Crippen molar-refractivity contribution in [3.05, 3.63) is 11.1 Å². The minimum absolute atomic E-state index is 0.511. The first-order chi connectivity index (χ1) is 7.22. The summed E-state index contributed by atoms with van der Waals surface area (Å²) in [5.41, 5.74) is 0. The van der Waals surface area contributed by atoms with Crippen LogP contribution < -0.4 is 0 Å². The summed E-state index contributed by atoms with van der Waals surface area (Å²) in [6.07, 6.45) is 3.70. The Balaban J connectivity index is 2.07. The molecule has 1 saturated carbocycles. The average molecular weight is 246 g/mol. The second kappa shape index (κ2) is 4.74. The summed E-state index contributed by atoms with van der Waals surface area (Å²) in [5, 5.41) is 9.24. The van der Waals surface area contributed by atoms with E-state index in [1.54, 1.807) is 0 Å². The number of halogens is 1. The third-order valence-corrected chi connectivity index (χ3v) is 4.44. The lowest BCUT2D eigenvalue weighted by atomic mass is 10.2. The largest absolute Gasteiger partial charge is 0.299 e. The van der Waals surface area contributed by atoms with Gasteiger partial charge in [0.2, 0.25) is 5.28 Å². The van der Waals surface area contributed by atoms with Crippen molar-refractivity contribution in [1.82, 2.24) is 14.8 Å². The van der Waals surface area contributed by atoms with Gasteiger partial charge >= 0.3 is 0 Å². The van der Waals surface area contributed by atoms with Crippen molar-refractivity contribution in [2.45, 2.75) is 44.4 Å². The van der Waals surface area contributed by atoms with E-state index < -0.39 is 0 Å². The first-order valence-electron chi connectivity index (χ1n) is 5.41. The SMILES string of the molecule is CCSC1CCC(n2c(C)nnc2Cl)C1. The maximum absolute atomic E-state index is 6.03. The predicted octanol–water partition coefficient (Wildman–Crippen LogP) is 3.09. The first-order valence-corrected chi connectivity index (χ1v) is 6.83. The fraction of sp³-hybridized carbons (Fsp3) is 0.800. The lowest BCUT2D eigenvalue weighted by Crippen LogP contribution is -2.08. The van der Waals surface area contributed by atoms with E-state index in [0.717, 1.165) is 11.1 Å². The predicted molar refractivity (Wildman–Crippen MR) is 64.6 cm³/mol. The molecule has 0 N–H and O–H groups in total. The Morgan fingerprint density at radius 2 is 2.27 bits per heavy atom. The van der Waals surface area contributed by atoms with Crippen LogP contribution in [0.5, 0.6) is 0 Å². The molecule has 0 radical (unpaired) electrons. The number of thioether (sulfide) groups is 1. The highest BCUT2D eigenvalue weighted by molar-refractivity contribution is 7.99. The molecule has 0 aromatic carbocycles. The van der Waals surface area contributed by atoms with Gasteiger partial charge < -0.3 is 0 Å². The molecule has 5 heteroatoms. The summed E-state index contributed by atoms with van der Waals surface area (Å²) in [6.45, 7) is 4.19. The van der Waals surface area contributed by atoms with Gasteiger partial charge in [-0.05, 0) is 43.5 Å². The van der Waals surface area contributed by atoms with E-state index in [0.29, 0.717) is 11.3 Å². The second-order valence-corrected chi connectivity index (χ2v) is 5.85. The number of hydrogen-bond acceptors (Lipinski definition) is 3. The van der Waals surface area contributed by atoms with Gasteiger partial charge in [-0.1, -0.05) is 6.92 Å². The average Bonchev–Trinajstić information content (AvgIpc) is 2.75. The topological polar surface area (TPSA) is 30.7 Å². The molecule has 3 nitrogen and oxygen atoms in total. The number of aromatic nitrogens is 3. The molecule has 0 spiro atoms. The zero-order valence-electron chi connectivity index (χ0n) is 9.11. The van der Waals surface area contributed by atoms with Crippen molar-refractivity contribution in [3.8, 4) is 0 Å². The molecule has 0 bridgehead atoms. The van der Waals surface area contributed by atoms with Crippen molar-refractivity contribution >= 4 is 23.4 Å². The van der Waals surface area contributed by atoms with E-state index in [-0.39, 0.29) is 0 Å². The third-order valence-electron chi connectivity index (χ3n) is 2.95. The van der Waals surface area contributed by atoms with E-state index in [1.807, 2.05) is 6.92 Å². The molecular weight excluding hydrogens is 230 g/mol. The Labute approximate surface area is 99.6 Å². The van der Waals surface area contributed by atoms with Crippen LogP contribution in [0.1, 0.15) is 38.1 Å². The molecule has 1 heterocycles.